The summed E-state index contributed by atoms with van der Waals surface area (Å²) in [4.78, 5) is 18.3. The third kappa shape index (κ3) is 3.46. The average molecular weight is 261 g/mol. The lowest BCUT2D eigenvalue weighted by atomic mass is 10.1. The minimum atomic E-state index is 0.275. The highest BCUT2D eigenvalue weighted by molar-refractivity contribution is 5.78. The van der Waals surface area contributed by atoms with Gasteiger partial charge in [0.25, 0.3) is 0 Å². The van der Waals surface area contributed by atoms with Crippen LogP contribution in [0.2, 0.25) is 0 Å². The maximum absolute atomic E-state index is 12.0. The van der Waals surface area contributed by atoms with E-state index >= 15 is 0 Å². The predicted octanol–water partition coefficient (Wildman–Crippen LogP) is 2.66. The van der Waals surface area contributed by atoms with Gasteiger partial charge in [-0.05, 0) is 18.4 Å². The van der Waals surface area contributed by atoms with Crippen LogP contribution >= 0.6 is 0 Å². The summed E-state index contributed by atoms with van der Waals surface area (Å²) in [5.41, 5.74) is 1.11. The average Bonchev–Trinajstić information content (AvgIpc) is 2.78. The molecule has 1 aliphatic heterocycles. The van der Waals surface area contributed by atoms with E-state index in [2.05, 4.69) is 30.2 Å². The summed E-state index contributed by atoms with van der Waals surface area (Å²) in [6.45, 7) is 6.76. The van der Waals surface area contributed by atoms with Gasteiger partial charge in [-0.3, -0.25) is 4.79 Å². The molecule has 2 heterocycles. The monoisotopic (exact) mass is 261 g/mol. The molecule has 0 bridgehead atoms. The normalized spacial score (nSPS) is 18.9. The predicted molar refractivity (Wildman–Crippen MR) is 76.8 cm³/mol. The molecule has 1 saturated heterocycles. The number of nitrogens with one attached hydrogen (secondary N) is 1. The van der Waals surface area contributed by atoms with Crippen LogP contribution in [0.3, 0.4) is 0 Å². The maximum Gasteiger partial charge on any atom is 0.223 e. The number of hydrogen-bond donors (Lipinski definition) is 1. The third-order valence-electron chi connectivity index (χ3n) is 3.67. The molecule has 0 aromatic carbocycles. The minimum absolute atomic E-state index is 0.275. The second-order valence-electron chi connectivity index (χ2n) is 5.19. The molecule has 19 heavy (non-hydrogen) atoms. The van der Waals surface area contributed by atoms with Gasteiger partial charge in [0.1, 0.15) is 5.82 Å². The topological polar surface area (TPSA) is 45.2 Å². The fourth-order valence-corrected chi connectivity index (χ4v) is 2.45. The summed E-state index contributed by atoms with van der Waals surface area (Å²) in [5, 5.41) is 3.33. The van der Waals surface area contributed by atoms with E-state index in [1.165, 1.54) is 0 Å². The molecule has 4 heteroatoms. The van der Waals surface area contributed by atoms with E-state index in [1.807, 2.05) is 11.0 Å². The molecule has 1 amide bonds. The number of aromatic nitrogens is 1. The minimum Gasteiger partial charge on any atom is -0.370 e. The van der Waals surface area contributed by atoms with Gasteiger partial charge in [-0.15, -0.1) is 0 Å². The number of amides is 1. The van der Waals surface area contributed by atoms with Crippen LogP contribution in [0, 0.1) is 5.92 Å². The van der Waals surface area contributed by atoms with E-state index < -0.39 is 0 Å². The van der Waals surface area contributed by atoms with Gasteiger partial charge in [-0.25, -0.2) is 4.98 Å². The summed E-state index contributed by atoms with van der Waals surface area (Å²) in [6, 6.07) is 3.99. The summed E-state index contributed by atoms with van der Waals surface area (Å²) < 4.78 is 0. The van der Waals surface area contributed by atoms with Crippen molar-refractivity contribution >= 4 is 11.7 Å². The number of carbonyl (C=O) groups is 1. The number of carbonyl (C=O) groups excluding carboxylic acids is 1. The van der Waals surface area contributed by atoms with Crippen LogP contribution in [0.25, 0.3) is 0 Å². The second kappa shape index (κ2) is 6.55. The van der Waals surface area contributed by atoms with Gasteiger partial charge < -0.3 is 10.2 Å². The zero-order valence-electron chi connectivity index (χ0n) is 11.9. The molecule has 0 aliphatic carbocycles. The van der Waals surface area contributed by atoms with Crippen LogP contribution in [-0.4, -0.2) is 28.9 Å². The van der Waals surface area contributed by atoms with E-state index in [4.69, 9.17) is 0 Å². The fraction of sp³-hybridized carbons (Fsp3) is 0.600. The number of rotatable bonds is 6. The molecular weight excluding hydrogens is 238 g/mol. The number of likely N-dealkylation sites (tertiary alicyclic amines) is 1. The molecule has 2 rings (SSSR count). The largest absolute Gasteiger partial charge is 0.370 e. The van der Waals surface area contributed by atoms with Crippen LogP contribution in [0.4, 0.5) is 5.82 Å². The van der Waals surface area contributed by atoms with Crippen molar-refractivity contribution in [3.63, 3.8) is 0 Å². The molecule has 1 aromatic rings. The lowest BCUT2D eigenvalue weighted by Crippen LogP contribution is -2.25. The number of anilines is 1. The third-order valence-corrected chi connectivity index (χ3v) is 3.67. The smallest absolute Gasteiger partial charge is 0.223 e. The number of nitrogens with zero attached hydrogens (tertiary/aromatic N) is 2. The molecule has 1 N–H and O–H groups in total. The molecule has 4 nitrogen and oxygen atoms in total. The van der Waals surface area contributed by atoms with Crippen molar-refractivity contribution in [1.29, 1.82) is 0 Å². The summed E-state index contributed by atoms with van der Waals surface area (Å²) in [7, 11) is 0. The van der Waals surface area contributed by atoms with Crippen molar-refractivity contribution in [2.45, 2.75) is 39.7 Å². The van der Waals surface area contributed by atoms with Crippen LogP contribution in [0.1, 0.15) is 38.7 Å². The van der Waals surface area contributed by atoms with E-state index in [-0.39, 0.29) is 5.91 Å². The van der Waals surface area contributed by atoms with Crippen molar-refractivity contribution in [1.82, 2.24) is 9.88 Å². The summed E-state index contributed by atoms with van der Waals surface area (Å²) in [6.07, 6.45) is 4.64. The Bertz CT molecular complexity index is 433. The second-order valence-corrected chi connectivity index (χ2v) is 5.19. The summed E-state index contributed by atoms with van der Waals surface area (Å²) >= 11 is 0. The Morgan fingerprint density at radius 3 is 3.00 bits per heavy atom. The zero-order chi connectivity index (χ0) is 13.7. The van der Waals surface area contributed by atoms with Crippen LogP contribution in [0.15, 0.2) is 18.3 Å². The lowest BCUT2D eigenvalue weighted by Gasteiger charge is -2.18. The first-order valence-corrected chi connectivity index (χ1v) is 7.20. The highest BCUT2D eigenvalue weighted by atomic mass is 16.2. The van der Waals surface area contributed by atoms with E-state index in [1.54, 1.807) is 6.20 Å². The Balaban J connectivity index is 2.04. The molecule has 1 unspecified atom stereocenters. The molecular formula is C15H23N3O. The van der Waals surface area contributed by atoms with Gasteiger partial charge in [0.15, 0.2) is 0 Å². The van der Waals surface area contributed by atoms with Crippen LogP contribution < -0.4 is 5.32 Å². The Labute approximate surface area is 115 Å². The first-order chi connectivity index (χ1) is 9.24. The van der Waals surface area contributed by atoms with Gasteiger partial charge in [-0.2, -0.15) is 0 Å². The molecule has 1 aliphatic rings. The highest BCUT2D eigenvalue weighted by Gasteiger charge is 2.28. The van der Waals surface area contributed by atoms with Crippen molar-refractivity contribution in [2.75, 3.05) is 18.4 Å². The Morgan fingerprint density at radius 2 is 2.32 bits per heavy atom. The molecule has 1 fully saturated rings. The molecule has 0 spiro atoms. The quantitative estimate of drug-likeness (QED) is 0.856. The van der Waals surface area contributed by atoms with E-state index in [0.29, 0.717) is 18.9 Å². The molecule has 0 radical (unpaired) electrons. The van der Waals surface area contributed by atoms with Crippen molar-refractivity contribution in [3.8, 4) is 0 Å². The molecule has 0 saturated carbocycles. The standard InChI is InChI=1S/C15H23N3O/c1-3-7-16-15-13(6-5-8-17-15)11-18-10-12(4-2)9-14(18)19/h5-6,8,12H,3-4,7,9-11H2,1-2H3,(H,16,17). The van der Waals surface area contributed by atoms with Crippen LogP contribution in [-0.2, 0) is 11.3 Å². The Hall–Kier alpha value is -1.58. The van der Waals surface area contributed by atoms with Crippen molar-refractivity contribution in [2.24, 2.45) is 5.92 Å². The summed E-state index contributed by atoms with van der Waals surface area (Å²) in [5.74, 6) is 1.71. The molecule has 1 aromatic heterocycles. The SMILES string of the molecule is CCCNc1ncccc1CN1CC(CC)CC1=O. The first-order valence-electron chi connectivity index (χ1n) is 7.20. The fourth-order valence-electron chi connectivity index (χ4n) is 2.45. The van der Waals surface area contributed by atoms with Gasteiger partial charge in [0.2, 0.25) is 5.91 Å². The van der Waals surface area contributed by atoms with Gasteiger partial charge in [-0.1, -0.05) is 26.3 Å². The van der Waals surface area contributed by atoms with E-state index in [0.717, 1.165) is 37.3 Å². The number of pyridine rings is 1. The van der Waals surface area contributed by atoms with Crippen molar-refractivity contribution in [3.05, 3.63) is 23.9 Å². The Morgan fingerprint density at radius 1 is 1.47 bits per heavy atom. The van der Waals surface area contributed by atoms with Gasteiger partial charge in [0, 0.05) is 37.8 Å². The molecule has 1 atom stereocenters. The Kier molecular flexibility index (Phi) is 4.77. The van der Waals surface area contributed by atoms with E-state index in [9.17, 15) is 4.79 Å². The van der Waals surface area contributed by atoms with Crippen LogP contribution in [0.5, 0.6) is 0 Å². The molecule has 104 valence electrons. The zero-order valence-corrected chi connectivity index (χ0v) is 11.9. The van der Waals surface area contributed by atoms with Crippen molar-refractivity contribution < 1.29 is 4.79 Å². The van der Waals surface area contributed by atoms with Gasteiger partial charge in [0.05, 0.1) is 0 Å². The van der Waals surface area contributed by atoms with Gasteiger partial charge >= 0.3 is 0 Å². The maximum atomic E-state index is 12.0. The highest BCUT2D eigenvalue weighted by Crippen LogP contribution is 2.24. The lowest BCUT2D eigenvalue weighted by molar-refractivity contribution is -0.128. The first kappa shape index (κ1) is 13.8. The number of hydrogen-bond acceptors (Lipinski definition) is 3.